The first-order valence-electron chi connectivity index (χ1n) is 12.4. The van der Waals surface area contributed by atoms with Gasteiger partial charge in [-0.3, -0.25) is 19.0 Å². The van der Waals surface area contributed by atoms with Crippen molar-refractivity contribution >= 4 is 34.2 Å². The second-order valence-electron chi connectivity index (χ2n) is 9.72. The van der Waals surface area contributed by atoms with Crippen molar-refractivity contribution in [1.82, 2.24) is 24.1 Å². The quantitative estimate of drug-likeness (QED) is 0.382. The summed E-state index contributed by atoms with van der Waals surface area (Å²) < 4.78 is 3.77. The summed E-state index contributed by atoms with van der Waals surface area (Å²) in [6, 6.07) is 10.2. The molecule has 2 aromatic heterocycles. The van der Waals surface area contributed by atoms with Crippen molar-refractivity contribution < 1.29 is 9.59 Å². The lowest BCUT2D eigenvalue weighted by Crippen LogP contribution is -2.30. The highest BCUT2D eigenvalue weighted by Crippen LogP contribution is 2.16. The molecule has 37 heavy (non-hydrogen) atoms. The van der Waals surface area contributed by atoms with Crippen molar-refractivity contribution in [3.05, 3.63) is 73.9 Å². The maximum Gasteiger partial charge on any atom is 0.352 e. The lowest BCUT2D eigenvalue weighted by atomic mass is 10.1. The molecule has 2 heterocycles. The minimum Gasteiger partial charge on any atom is -0.352 e. The van der Waals surface area contributed by atoms with Crippen molar-refractivity contribution in [2.75, 3.05) is 11.9 Å². The van der Waals surface area contributed by atoms with Gasteiger partial charge in [-0.1, -0.05) is 26.8 Å². The lowest BCUT2D eigenvalue weighted by Gasteiger charge is -2.11. The lowest BCUT2D eigenvalue weighted by molar-refractivity contribution is -0.117. The Morgan fingerprint density at radius 1 is 1.03 bits per heavy atom. The molecule has 0 fully saturated rings. The number of carbonyl (C=O) groups excluding carboxylic acids is 2. The van der Waals surface area contributed by atoms with Crippen LogP contribution in [-0.2, 0) is 17.9 Å². The van der Waals surface area contributed by atoms with Crippen LogP contribution in [0, 0.1) is 19.8 Å². The fraction of sp³-hybridized carbons (Fsp3) is 0.370. The zero-order valence-electron chi connectivity index (χ0n) is 21.8. The van der Waals surface area contributed by atoms with Crippen LogP contribution in [0.2, 0.25) is 0 Å². The van der Waals surface area contributed by atoms with Gasteiger partial charge in [0.15, 0.2) is 0 Å². The third-order valence-electron chi connectivity index (χ3n) is 6.24. The van der Waals surface area contributed by atoms with Gasteiger partial charge in [-0.05, 0) is 67.6 Å². The van der Waals surface area contributed by atoms with Crippen LogP contribution in [0.15, 0.2) is 46.0 Å². The van der Waals surface area contributed by atoms with Crippen LogP contribution in [0.25, 0.3) is 16.7 Å². The van der Waals surface area contributed by atoms with Gasteiger partial charge in [0.2, 0.25) is 11.7 Å². The molecule has 194 valence electrons. The largest absolute Gasteiger partial charge is 0.352 e. The van der Waals surface area contributed by atoms with E-state index in [4.69, 9.17) is 0 Å². The standard InChI is InChI=1S/C27H32N6O4/c1-6-11-31-25(36)21-10-8-19(24(35)28-14-16(2)3)13-22(21)33-26(31)30-32(27(33)37)15-23(34)29-20-9-7-17(4)18(5)12-20/h7-10,12-13,16H,6,11,14-15H2,1-5H3,(H,28,35)(H,29,34). The predicted octanol–water partition coefficient (Wildman–Crippen LogP) is 2.86. The average Bonchev–Trinajstić information content (AvgIpc) is 3.17. The Balaban J connectivity index is 1.79. The van der Waals surface area contributed by atoms with Gasteiger partial charge in [-0.15, -0.1) is 5.10 Å². The minimum absolute atomic E-state index is 0.128. The smallest absolute Gasteiger partial charge is 0.352 e. The van der Waals surface area contributed by atoms with Crippen LogP contribution in [0.5, 0.6) is 0 Å². The summed E-state index contributed by atoms with van der Waals surface area (Å²) in [6.07, 6.45) is 0.644. The molecule has 0 atom stereocenters. The van der Waals surface area contributed by atoms with Crippen molar-refractivity contribution in [3.8, 4) is 0 Å². The number of hydrogen-bond donors (Lipinski definition) is 2. The average molecular weight is 505 g/mol. The molecule has 0 spiro atoms. The molecule has 0 bridgehead atoms. The first-order valence-corrected chi connectivity index (χ1v) is 12.4. The van der Waals surface area contributed by atoms with E-state index in [2.05, 4.69) is 15.7 Å². The Kier molecular flexibility index (Phi) is 7.28. The first kappa shape index (κ1) is 25.9. The molecule has 0 saturated heterocycles. The van der Waals surface area contributed by atoms with Crippen LogP contribution in [0.3, 0.4) is 0 Å². The molecule has 2 N–H and O–H groups in total. The number of aryl methyl sites for hydroxylation is 3. The van der Waals surface area contributed by atoms with E-state index in [1.165, 1.54) is 15.0 Å². The summed E-state index contributed by atoms with van der Waals surface area (Å²) in [5.41, 5.74) is 2.48. The van der Waals surface area contributed by atoms with E-state index in [0.29, 0.717) is 36.1 Å². The fourth-order valence-corrected chi connectivity index (χ4v) is 4.14. The van der Waals surface area contributed by atoms with Crippen LogP contribution in [-0.4, -0.2) is 37.1 Å². The normalized spacial score (nSPS) is 11.4. The number of hydrogen-bond acceptors (Lipinski definition) is 5. The summed E-state index contributed by atoms with van der Waals surface area (Å²) in [4.78, 5) is 52.2. The molecular weight excluding hydrogens is 472 g/mol. The monoisotopic (exact) mass is 504 g/mol. The molecule has 0 aliphatic rings. The van der Waals surface area contributed by atoms with Gasteiger partial charge in [0.05, 0.1) is 10.9 Å². The molecule has 4 rings (SSSR count). The third kappa shape index (κ3) is 5.18. The fourth-order valence-electron chi connectivity index (χ4n) is 4.14. The van der Waals surface area contributed by atoms with Gasteiger partial charge < -0.3 is 10.6 Å². The second-order valence-corrected chi connectivity index (χ2v) is 9.72. The maximum absolute atomic E-state index is 13.5. The van der Waals surface area contributed by atoms with Crippen molar-refractivity contribution in [1.29, 1.82) is 0 Å². The van der Waals surface area contributed by atoms with Crippen LogP contribution in [0.1, 0.15) is 48.7 Å². The summed E-state index contributed by atoms with van der Waals surface area (Å²) in [5.74, 6) is -0.317. The molecular formula is C27H32N6O4. The van der Waals surface area contributed by atoms with Crippen LogP contribution < -0.4 is 21.9 Å². The maximum atomic E-state index is 13.5. The Bertz CT molecular complexity index is 1630. The molecule has 10 heteroatoms. The van der Waals surface area contributed by atoms with Crippen molar-refractivity contribution in [2.24, 2.45) is 5.92 Å². The van der Waals surface area contributed by atoms with Gasteiger partial charge in [-0.25, -0.2) is 13.9 Å². The predicted molar refractivity (Wildman–Crippen MR) is 143 cm³/mol. The molecule has 10 nitrogen and oxygen atoms in total. The van der Waals surface area contributed by atoms with E-state index in [0.717, 1.165) is 15.8 Å². The Labute approximate surface area is 213 Å². The number of anilines is 1. The van der Waals surface area contributed by atoms with Gasteiger partial charge in [-0.2, -0.15) is 0 Å². The SMILES string of the molecule is CCCn1c(=O)c2ccc(C(=O)NCC(C)C)cc2n2c(=O)n(CC(=O)Nc3ccc(C)c(C)c3)nc12. The topological polar surface area (TPSA) is 120 Å². The van der Waals surface area contributed by atoms with Gasteiger partial charge in [0.1, 0.15) is 6.54 Å². The molecule has 0 radical (unpaired) electrons. The molecule has 2 aromatic carbocycles. The second kappa shape index (κ2) is 10.4. The molecule has 0 aliphatic carbocycles. The molecule has 0 saturated carbocycles. The number of carbonyl (C=O) groups is 2. The third-order valence-corrected chi connectivity index (χ3v) is 6.24. The van der Waals surface area contributed by atoms with E-state index < -0.39 is 11.6 Å². The summed E-state index contributed by atoms with van der Waals surface area (Å²) >= 11 is 0. The van der Waals surface area contributed by atoms with E-state index in [-0.39, 0.29) is 35.2 Å². The van der Waals surface area contributed by atoms with E-state index >= 15 is 0 Å². The minimum atomic E-state index is -0.570. The van der Waals surface area contributed by atoms with Crippen molar-refractivity contribution in [3.63, 3.8) is 0 Å². The number of rotatable bonds is 8. The van der Waals surface area contributed by atoms with E-state index in [9.17, 15) is 19.2 Å². The number of amides is 2. The van der Waals surface area contributed by atoms with Crippen LogP contribution >= 0.6 is 0 Å². The number of aromatic nitrogens is 4. The zero-order valence-corrected chi connectivity index (χ0v) is 21.8. The molecule has 4 aromatic rings. The summed E-state index contributed by atoms with van der Waals surface area (Å²) in [6.45, 7) is 10.3. The number of nitrogens with zero attached hydrogens (tertiary/aromatic N) is 4. The molecule has 0 unspecified atom stereocenters. The first-order chi connectivity index (χ1) is 17.6. The Morgan fingerprint density at radius 3 is 2.46 bits per heavy atom. The van der Waals surface area contributed by atoms with Gasteiger partial charge >= 0.3 is 5.69 Å². The highest BCUT2D eigenvalue weighted by Gasteiger charge is 2.20. The zero-order chi connectivity index (χ0) is 26.9. The summed E-state index contributed by atoms with van der Waals surface area (Å²) in [7, 11) is 0. The number of fused-ring (bicyclic) bond motifs is 3. The molecule has 0 aliphatic heterocycles. The van der Waals surface area contributed by atoms with Gasteiger partial charge in [0.25, 0.3) is 11.5 Å². The van der Waals surface area contributed by atoms with Crippen LogP contribution in [0.4, 0.5) is 5.69 Å². The summed E-state index contributed by atoms with van der Waals surface area (Å²) in [5, 5.41) is 10.3. The highest BCUT2D eigenvalue weighted by atomic mass is 16.2. The van der Waals surface area contributed by atoms with Gasteiger partial charge in [0, 0.05) is 24.3 Å². The number of benzene rings is 2. The van der Waals surface area contributed by atoms with Crippen molar-refractivity contribution in [2.45, 2.75) is 54.1 Å². The Morgan fingerprint density at radius 2 is 1.78 bits per heavy atom. The Hall–Kier alpha value is -4.21. The highest BCUT2D eigenvalue weighted by molar-refractivity contribution is 5.98. The molecule has 2 amide bonds. The van der Waals surface area contributed by atoms with E-state index in [1.54, 1.807) is 18.2 Å². The van der Waals surface area contributed by atoms with E-state index in [1.807, 2.05) is 46.8 Å². The number of nitrogens with one attached hydrogen (secondary N) is 2.